The summed E-state index contributed by atoms with van der Waals surface area (Å²) in [5.41, 5.74) is 6.11. The van der Waals surface area contributed by atoms with Crippen LogP contribution in [-0.4, -0.2) is 20.4 Å². The van der Waals surface area contributed by atoms with Crippen molar-refractivity contribution in [2.75, 3.05) is 11.1 Å². The average molecular weight is 380 g/mol. The van der Waals surface area contributed by atoms with E-state index in [1.807, 2.05) is 13.0 Å². The standard InChI is InChI=1S/C20H24N6O2/c1-3-4-13-5-7-20(8-6-13)25-18(27)17-12(2)9-14(19(28)26(17)20)24-16-10-15(21)22-11-23-16/h5,7,9-11,13H,3-4,6,8H2,1-2H3,(H,25,27)(H3,21,22,23,24). The Hall–Kier alpha value is -3.16. The van der Waals surface area contributed by atoms with E-state index in [-0.39, 0.29) is 11.5 Å². The Morgan fingerprint density at radius 3 is 2.86 bits per heavy atom. The van der Waals surface area contributed by atoms with Gasteiger partial charge in [0.15, 0.2) is 0 Å². The number of fused-ring (bicyclic) bond motifs is 2. The van der Waals surface area contributed by atoms with E-state index >= 15 is 0 Å². The van der Waals surface area contributed by atoms with Crippen LogP contribution in [-0.2, 0) is 5.66 Å². The van der Waals surface area contributed by atoms with Gasteiger partial charge in [0.05, 0.1) is 0 Å². The second-order valence-electron chi connectivity index (χ2n) is 7.51. The van der Waals surface area contributed by atoms with Crippen molar-refractivity contribution < 1.29 is 4.79 Å². The van der Waals surface area contributed by atoms with Crippen LogP contribution in [0.2, 0.25) is 0 Å². The number of pyridine rings is 1. The van der Waals surface area contributed by atoms with E-state index in [1.54, 1.807) is 16.7 Å². The Kier molecular flexibility index (Phi) is 4.41. The molecule has 3 heterocycles. The number of hydrogen-bond acceptors (Lipinski definition) is 6. The maximum absolute atomic E-state index is 13.3. The fourth-order valence-corrected chi connectivity index (χ4v) is 4.17. The van der Waals surface area contributed by atoms with E-state index in [9.17, 15) is 9.59 Å². The quantitative estimate of drug-likeness (QED) is 0.702. The highest BCUT2D eigenvalue weighted by molar-refractivity contribution is 5.97. The van der Waals surface area contributed by atoms with Gasteiger partial charge in [0.2, 0.25) is 0 Å². The van der Waals surface area contributed by atoms with Crippen molar-refractivity contribution in [1.82, 2.24) is 19.9 Å². The van der Waals surface area contributed by atoms with Gasteiger partial charge < -0.3 is 16.4 Å². The van der Waals surface area contributed by atoms with Crippen molar-refractivity contribution in [3.8, 4) is 0 Å². The lowest BCUT2D eigenvalue weighted by molar-refractivity contribution is 0.0929. The SMILES string of the molecule is CCCC1C=CC2(CC1)NC(=O)c1c(C)cc(Nc3cc(N)ncn3)c(=O)n12. The van der Waals surface area contributed by atoms with Crippen LogP contribution in [0.15, 0.2) is 35.4 Å². The van der Waals surface area contributed by atoms with Gasteiger partial charge in [0, 0.05) is 6.07 Å². The number of nitrogens with zero attached hydrogens (tertiary/aromatic N) is 3. The highest BCUT2D eigenvalue weighted by Gasteiger charge is 2.44. The second-order valence-corrected chi connectivity index (χ2v) is 7.51. The molecule has 4 N–H and O–H groups in total. The molecular weight excluding hydrogens is 356 g/mol. The number of carbonyl (C=O) groups is 1. The minimum absolute atomic E-state index is 0.217. The van der Waals surface area contributed by atoms with E-state index in [2.05, 4.69) is 33.6 Å². The third-order valence-corrected chi connectivity index (χ3v) is 5.49. The first kappa shape index (κ1) is 18.2. The van der Waals surface area contributed by atoms with Crippen molar-refractivity contribution in [2.45, 2.75) is 45.2 Å². The fraction of sp³-hybridized carbons (Fsp3) is 0.400. The monoisotopic (exact) mass is 380 g/mol. The lowest BCUT2D eigenvalue weighted by Crippen LogP contribution is -2.47. The second kappa shape index (κ2) is 6.78. The molecule has 0 saturated heterocycles. The minimum atomic E-state index is -0.805. The number of nitrogens with one attached hydrogen (secondary N) is 2. The number of nitrogen functional groups attached to an aromatic ring is 1. The normalized spacial score (nSPS) is 22.9. The highest BCUT2D eigenvalue weighted by atomic mass is 16.2. The summed E-state index contributed by atoms with van der Waals surface area (Å²) in [5, 5.41) is 6.06. The molecule has 0 aromatic carbocycles. The molecule has 4 rings (SSSR count). The van der Waals surface area contributed by atoms with Crippen LogP contribution in [0.1, 0.15) is 48.7 Å². The van der Waals surface area contributed by atoms with Gasteiger partial charge in [-0.2, -0.15) is 0 Å². The summed E-state index contributed by atoms with van der Waals surface area (Å²) in [6.45, 7) is 3.99. The van der Waals surface area contributed by atoms with Gasteiger partial charge in [-0.15, -0.1) is 0 Å². The van der Waals surface area contributed by atoms with Crippen LogP contribution in [0.3, 0.4) is 0 Å². The summed E-state index contributed by atoms with van der Waals surface area (Å²) in [4.78, 5) is 34.0. The molecule has 2 aromatic heterocycles. The minimum Gasteiger partial charge on any atom is -0.384 e. The molecule has 0 fully saturated rings. The molecule has 8 nitrogen and oxygen atoms in total. The molecule has 0 saturated carbocycles. The number of nitrogens with two attached hydrogens (primary N) is 1. The summed E-state index contributed by atoms with van der Waals surface area (Å²) >= 11 is 0. The summed E-state index contributed by atoms with van der Waals surface area (Å²) in [6, 6.07) is 3.24. The number of anilines is 3. The van der Waals surface area contributed by atoms with Crippen LogP contribution >= 0.6 is 0 Å². The highest BCUT2D eigenvalue weighted by Crippen LogP contribution is 2.36. The number of aryl methyl sites for hydroxylation is 1. The van der Waals surface area contributed by atoms with Crippen molar-refractivity contribution in [3.63, 3.8) is 0 Å². The van der Waals surface area contributed by atoms with Gasteiger partial charge in [-0.1, -0.05) is 19.4 Å². The van der Waals surface area contributed by atoms with Crippen molar-refractivity contribution in [1.29, 1.82) is 0 Å². The molecule has 2 unspecified atom stereocenters. The molecule has 1 amide bonds. The van der Waals surface area contributed by atoms with Crippen LogP contribution in [0.5, 0.6) is 0 Å². The Bertz CT molecular complexity index is 1030. The van der Waals surface area contributed by atoms with Crippen molar-refractivity contribution in [3.05, 3.63) is 52.2 Å². The largest absolute Gasteiger partial charge is 0.384 e. The fourth-order valence-electron chi connectivity index (χ4n) is 4.17. The lowest BCUT2D eigenvalue weighted by Gasteiger charge is -2.34. The van der Waals surface area contributed by atoms with Gasteiger partial charge in [0.1, 0.15) is 35.0 Å². The van der Waals surface area contributed by atoms with Gasteiger partial charge in [0.25, 0.3) is 11.5 Å². The number of allylic oxidation sites excluding steroid dienone is 1. The van der Waals surface area contributed by atoms with Crippen LogP contribution in [0, 0.1) is 12.8 Å². The van der Waals surface area contributed by atoms with Crippen molar-refractivity contribution >= 4 is 23.2 Å². The van der Waals surface area contributed by atoms with Crippen LogP contribution in [0.4, 0.5) is 17.3 Å². The Labute approximate surface area is 162 Å². The Morgan fingerprint density at radius 2 is 2.18 bits per heavy atom. The summed E-state index contributed by atoms with van der Waals surface area (Å²) in [6.07, 6.45) is 9.29. The van der Waals surface area contributed by atoms with Gasteiger partial charge in [-0.25, -0.2) is 9.97 Å². The van der Waals surface area contributed by atoms with Gasteiger partial charge >= 0.3 is 0 Å². The predicted octanol–water partition coefficient (Wildman–Crippen LogP) is 2.44. The molecule has 0 bridgehead atoms. The smallest absolute Gasteiger partial charge is 0.277 e. The first-order valence-electron chi connectivity index (χ1n) is 9.57. The molecule has 146 valence electrons. The molecular formula is C20H24N6O2. The van der Waals surface area contributed by atoms with Crippen LogP contribution in [0.25, 0.3) is 0 Å². The molecule has 1 aliphatic carbocycles. The lowest BCUT2D eigenvalue weighted by atomic mass is 9.86. The van der Waals surface area contributed by atoms with Crippen LogP contribution < -0.4 is 21.9 Å². The van der Waals surface area contributed by atoms with E-state index < -0.39 is 5.66 Å². The zero-order valence-corrected chi connectivity index (χ0v) is 16.0. The number of aromatic nitrogens is 3. The Morgan fingerprint density at radius 1 is 1.36 bits per heavy atom. The molecule has 2 aromatic rings. The molecule has 1 aliphatic heterocycles. The molecule has 8 heteroatoms. The maximum atomic E-state index is 13.3. The first-order valence-corrected chi connectivity index (χ1v) is 9.57. The summed E-state index contributed by atoms with van der Waals surface area (Å²) in [7, 11) is 0. The average Bonchev–Trinajstić information content (AvgIpc) is 2.94. The molecule has 28 heavy (non-hydrogen) atoms. The number of rotatable bonds is 4. The van der Waals surface area contributed by atoms with E-state index in [1.165, 1.54) is 6.33 Å². The first-order chi connectivity index (χ1) is 13.4. The molecule has 0 radical (unpaired) electrons. The molecule has 1 spiro atoms. The zero-order valence-electron chi connectivity index (χ0n) is 16.0. The van der Waals surface area contributed by atoms with E-state index in [0.717, 1.165) is 24.8 Å². The topological polar surface area (TPSA) is 115 Å². The number of amides is 1. The third kappa shape index (κ3) is 2.94. The van der Waals surface area contributed by atoms with Crippen molar-refractivity contribution in [2.24, 2.45) is 5.92 Å². The summed E-state index contributed by atoms with van der Waals surface area (Å²) in [5.74, 6) is 1.00. The van der Waals surface area contributed by atoms with E-state index in [0.29, 0.717) is 35.4 Å². The predicted molar refractivity (Wildman–Crippen MR) is 107 cm³/mol. The number of hydrogen-bond donors (Lipinski definition) is 3. The van der Waals surface area contributed by atoms with Gasteiger partial charge in [-0.05, 0) is 49.8 Å². The molecule has 2 atom stereocenters. The molecule has 2 aliphatic rings. The van der Waals surface area contributed by atoms with E-state index in [4.69, 9.17) is 5.73 Å². The maximum Gasteiger partial charge on any atom is 0.277 e. The number of carbonyl (C=O) groups excluding carboxylic acids is 1. The third-order valence-electron chi connectivity index (χ3n) is 5.49. The Balaban J connectivity index is 1.79. The van der Waals surface area contributed by atoms with Gasteiger partial charge in [-0.3, -0.25) is 14.2 Å². The summed E-state index contributed by atoms with van der Waals surface area (Å²) < 4.78 is 1.59. The zero-order chi connectivity index (χ0) is 19.9.